The Hall–Kier alpha value is -3.71. The number of carbonyl (C=O) groups is 1. The van der Waals surface area contributed by atoms with Gasteiger partial charge in [0.25, 0.3) is 10.0 Å². The number of amides is 1. The van der Waals surface area contributed by atoms with Crippen LogP contribution in [0, 0.1) is 13.8 Å². The zero-order valence-corrected chi connectivity index (χ0v) is 21.1. The molecular formula is C22H25N5O6S2. The summed E-state index contributed by atoms with van der Waals surface area (Å²) in [6.45, 7) is 2.98. The fourth-order valence-electron chi connectivity index (χ4n) is 3.15. The molecule has 0 aliphatic carbocycles. The molecule has 0 spiro atoms. The number of methoxy groups -OCH3 is 1. The molecule has 2 N–H and O–H groups in total. The summed E-state index contributed by atoms with van der Waals surface area (Å²) < 4.78 is 58.2. The van der Waals surface area contributed by atoms with Crippen molar-refractivity contribution in [2.45, 2.75) is 18.7 Å². The molecule has 0 radical (unpaired) electrons. The second-order valence-corrected chi connectivity index (χ2v) is 11.2. The molecule has 0 saturated heterocycles. The summed E-state index contributed by atoms with van der Waals surface area (Å²) in [7, 11) is -6.23. The van der Waals surface area contributed by atoms with Gasteiger partial charge in [0.2, 0.25) is 21.9 Å². The van der Waals surface area contributed by atoms with Gasteiger partial charge in [-0.1, -0.05) is 0 Å². The fourth-order valence-corrected chi connectivity index (χ4v) is 4.95. The van der Waals surface area contributed by atoms with Crippen molar-refractivity contribution >= 4 is 43.3 Å². The monoisotopic (exact) mass is 519 g/mol. The summed E-state index contributed by atoms with van der Waals surface area (Å²) in [5.41, 5.74) is 1.82. The maximum atomic E-state index is 12.7. The Morgan fingerprint density at radius 2 is 1.51 bits per heavy atom. The number of sulfonamides is 2. The average Bonchev–Trinajstić information content (AvgIpc) is 2.76. The normalized spacial score (nSPS) is 11.5. The molecule has 0 aliphatic rings. The summed E-state index contributed by atoms with van der Waals surface area (Å²) in [4.78, 5) is 20.6. The molecular weight excluding hydrogens is 494 g/mol. The van der Waals surface area contributed by atoms with Crippen LogP contribution in [-0.4, -0.2) is 52.6 Å². The Morgan fingerprint density at radius 3 is 2.03 bits per heavy atom. The number of nitrogens with one attached hydrogen (secondary N) is 2. The molecule has 0 atom stereocenters. The highest BCUT2D eigenvalue weighted by molar-refractivity contribution is 7.92. The Balaban J connectivity index is 1.71. The summed E-state index contributed by atoms with van der Waals surface area (Å²) in [6.07, 6.45) is 0.997. The first kappa shape index (κ1) is 25.9. The van der Waals surface area contributed by atoms with Crippen molar-refractivity contribution in [2.24, 2.45) is 0 Å². The van der Waals surface area contributed by atoms with Crippen LogP contribution in [0.15, 0.2) is 59.5 Å². The highest BCUT2D eigenvalue weighted by Crippen LogP contribution is 2.22. The van der Waals surface area contributed by atoms with Crippen LogP contribution in [0.3, 0.4) is 0 Å². The molecule has 0 fully saturated rings. The number of nitrogens with zero attached hydrogens (tertiary/aromatic N) is 3. The van der Waals surface area contributed by atoms with Gasteiger partial charge in [0.05, 0.1) is 23.9 Å². The molecule has 11 nitrogen and oxygen atoms in total. The fraction of sp³-hybridized carbons (Fsp3) is 0.227. The van der Waals surface area contributed by atoms with Gasteiger partial charge in [0.1, 0.15) is 12.3 Å². The molecule has 0 bridgehead atoms. The minimum atomic E-state index is -3.96. The lowest BCUT2D eigenvalue weighted by Crippen LogP contribution is -2.37. The van der Waals surface area contributed by atoms with Crippen molar-refractivity contribution in [3.8, 4) is 5.75 Å². The van der Waals surface area contributed by atoms with Gasteiger partial charge in [-0.25, -0.2) is 31.5 Å². The third-order valence-corrected chi connectivity index (χ3v) is 7.19. The van der Waals surface area contributed by atoms with Crippen LogP contribution in [0.4, 0.5) is 17.3 Å². The smallest absolute Gasteiger partial charge is 0.264 e. The largest absolute Gasteiger partial charge is 0.497 e. The first-order chi connectivity index (χ1) is 16.4. The molecule has 2 aromatic carbocycles. The molecule has 3 rings (SSSR count). The van der Waals surface area contributed by atoms with Crippen molar-refractivity contribution in [1.29, 1.82) is 0 Å². The van der Waals surface area contributed by atoms with Gasteiger partial charge < -0.3 is 10.1 Å². The van der Waals surface area contributed by atoms with E-state index >= 15 is 0 Å². The van der Waals surface area contributed by atoms with Crippen molar-refractivity contribution in [2.75, 3.05) is 34.3 Å². The zero-order valence-electron chi connectivity index (χ0n) is 19.5. The summed E-state index contributed by atoms with van der Waals surface area (Å²) in [5.74, 6) is -0.108. The molecule has 0 aliphatic heterocycles. The van der Waals surface area contributed by atoms with Crippen molar-refractivity contribution in [3.05, 3.63) is 66.0 Å². The molecule has 13 heteroatoms. The van der Waals surface area contributed by atoms with Crippen LogP contribution in [0.2, 0.25) is 0 Å². The molecule has 35 heavy (non-hydrogen) atoms. The standard InChI is InChI=1S/C22H25N5O6S2/c1-15-13-16(2)24-22(23-15)26-35(31,32)20-11-5-17(6-12-20)25-21(28)14-27(34(4,29)30)18-7-9-19(33-3)10-8-18/h5-13H,14H2,1-4H3,(H,25,28)(H,23,24,26). The molecule has 1 heterocycles. The summed E-state index contributed by atoms with van der Waals surface area (Å²) in [5, 5.41) is 2.57. The Labute approximate surface area is 204 Å². The van der Waals surface area contributed by atoms with Crippen LogP contribution in [0.1, 0.15) is 11.4 Å². The Bertz CT molecular complexity index is 1400. The maximum Gasteiger partial charge on any atom is 0.264 e. The second-order valence-electron chi connectivity index (χ2n) is 7.62. The molecule has 1 aromatic heterocycles. The number of ether oxygens (including phenoxy) is 1. The minimum Gasteiger partial charge on any atom is -0.497 e. The highest BCUT2D eigenvalue weighted by Gasteiger charge is 2.21. The number of hydrogen-bond acceptors (Lipinski definition) is 8. The van der Waals surface area contributed by atoms with Crippen molar-refractivity contribution in [1.82, 2.24) is 9.97 Å². The van der Waals surface area contributed by atoms with E-state index in [-0.39, 0.29) is 10.8 Å². The van der Waals surface area contributed by atoms with Gasteiger partial charge in [0.15, 0.2) is 0 Å². The number of anilines is 3. The van der Waals surface area contributed by atoms with E-state index in [4.69, 9.17) is 4.74 Å². The minimum absolute atomic E-state index is 0.0423. The quantitative estimate of drug-likeness (QED) is 0.438. The lowest BCUT2D eigenvalue weighted by molar-refractivity contribution is -0.114. The number of rotatable bonds is 9. The molecule has 0 unspecified atom stereocenters. The molecule has 186 valence electrons. The van der Waals surface area contributed by atoms with E-state index in [0.717, 1.165) is 10.6 Å². The first-order valence-corrected chi connectivity index (χ1v) is 13.6. The number of aromatic nitrogens is 2. The van der Waals surface area contributed by atoms with Gasteiger partial charge in [-0.15, -0.1) is 0 Å². The van der Waals surface area contributed by atoms with Crippen LogP contribution in [0.25, 0.3) is 0 Å². The van der Waals surface area contributed by atoms with E-state index < -0.39 is 32.5 Å². The average molecular weight is 520 g/mol. The predicted molar refractivity (Wildman–Crippen MR) is 133 cm³/mol. The third-order valence-electron chi connectivity index (χ3n) is 4.70. The van der Waals surface area contributed by atoms with E-state index in [1.165, 1.54) is 43.5 Å². The number of carbonyl (C=O) groups excluding carboxylic acids is 1. The Kier molecular flexibility index (Phi) is 7.60. The van der Waals surface area contributed by atoms with Gasteiger partial charge in [-0.3, -0.25) is 9.10 Å². The van der Waals surface area contributed by atoms with Crippen molar-refractivity contribution in [3.63, 3.8) is 0 Å². The van der Waals surface area contributed by atoms with E-state index in [0.29, 0.717) is 28.5 Å². The summed E-state index contributed by atoms with van der Waals surface area (Å²) >= 11 is 0. The van der Waals surface area contributed by atoms with E-state index in [2.05, 4.69) is 20.0 Å². The van der Waals surface area contributed by atoms with Crippen LogP contribution >= 0.6 is 0 Å². The van der Waals surface area contributed by atoms with Crippen LogP contribution in [-0.2, 0) is 24.8 Å². The summed E-state index contributed by atoms with van der Waals surface area (Å²) in [6, 6.07) is 13.3. The lowest BCUT2D eigenvalue weighted by atomic mass is 10.3. The van der Waals surface area contributed by atoms with Gasteiger partial charge in [-0.05, 0) is 68.4 Å². The van der Waals surface area contributed by atoms with Crippen molar-refractivity contribution < 1.29 is 26.4 Å². The second kappa shape index (κ2) is 10.3. The Morgan fingerprint density at radius 1 is 0.943 bits per heavy atom. The zero-order chi connectivity index (χ0) is 25.8. The van der Waals surface area contributed by atoms with Crippen LogP contribution in [0.5, 0.6) is 5.75 Å². The first-order valence-electron chi connectivity index (χ1n) is 10.2. The number of benzene rings is 2. The van der Waals surface area contributed by atoms with Gasteiger partial charge in [0, 0.05) is 17.1 Å². The predicted octanol–water partition coefficient (Wildman–Crippen LogP) is 2.31. The third kappa shape index (κ3) is 6.90. The highest BCUT2D eigenvalue weighted by atomic mass is 32.2. The van der Waals surface area contributed by atoms with Crippen LogP contribution < -0.4 is 19.1 Å². The lowest BCUT2D eigenvalue weighted by Gasteiger charge is -2.22. The number of hydrogen-bond donors (Lipinski definition) is 2. The molecule has 0 saturated carbocycles. The SMILES string of the molecule is COc1ccc(N(CC(=O)Nc2ccc(S(=O)(=O)Nc3nc(C)cc(C)n3)cc2)S(C)(=O)=O)cc1. The van der Waals surface area contributed by atoms with E-state index in [9.17, 15) is 21.6 Å². The van der Waals surface area contributed by atoms with E-state index in [1.54, 1.807) is 32.0 Å². The maximum absolute atomic E-state index is 12.7. The molecule has 1 amide bonds. The molecule has 3 aromatic rings. The van der Waals surface area contributed by atoms with Gasteiger partial charge in [-0.2, -0.15) is 0 Å². The van der Waals surface area contributed by atoms with Gasteiger partial charge >= 0.3 is 0 Å². The topological polar surface area (TPSA) is 148 Å². The number of aryl methyl sites for hydroxylation is 2. The van der Waals surface area contributed by atoms with E-state index in [1.807, 2.05) is 0 Å².